The molecule has 1 N–H and O–H groups in total. The van der Waals surface area contributed by atoms with E-state index < -0.39 is 0 Å². The van der Waals surface area contributed by atoms with E-state index in [0.29, 0.717) is 11.6 Å². The maximum atomic E-state index is 12.8. The first-order chi connectivity index (χ1) is 11.6. The summed E-state index contributed by atoms with van der Waals surface area (Å²) in [6, 6.07) is 2.50. The Kier molecular flexibility index (Phi) is 6.88. The number of piperidine rings is 1. The number of fused-ring (bicyclic) bond motifs is 1. The van der Waals surface area contributed by atoms with Crippen molar-refractivity contribution < 1.29 is 4.79 Å². The predicted molar refractivity (Wildman–Crippen MR) is 107 cm³/mol. The standard InChI is InChI=1S/C18H25N5O.2ClH/c1-12-16-9-14(11-20-17(16)22(2)21-12)18(24)23-7-5-15(6-8-23)19-10-13-3-4-13;;/h9,11,13,15,19H,3-8,10H2,1-2H3;2*1H. The smallest absolute Gasteiger partial charge is 0.255 e. The van der Waals surface area contributed by atoms with Crippen LogP contribution in [0.15, 0.2) is 12.3 Å². The van der Waals surface area contributed by atoms with Crippen LogP contribution in [0.25, 0.3) is 11.0 Å². The molecule has 2 aromatic heterocycles. The summed E-state index contributed by atoms with van der Waals surface area (Å²) in [4.78, 5) is 19.2. The molecule has 0 spiro atoms. The van der Waals surface area contributed by atoms with Gasteiger partial charge < -0.3 is 10.2 Å². The van der Waals surface area contributed by atoms with E-state index in [1.165, 1.54) is 12.8 Å². The lowest BCUT2D eigenvalue weighted by Crippen LogP contribution is -2.45. The molecule has 1 amide bonds. The molecule has 1 aliphatic heterocycles. The number of hydrogen-bond donors (Lipinski definition) is 1. The Morgan fingerprint density at radius 3 is 2.58 bits per heavy atom. The molecule has 4 rings (SSSR count). The summed E-state index contributed by atoms with van der Waals surface area (Å²) in [6.45, 7) is 4.76. The molecule has 1 saturated carbocycles. The third kappa shape index (κ3) is 4.30. The van der Waals surface area contributed by atoms with Crippen LogP contribution in [-0.2, 0) is 7.05 Å². The summed E-state index contributed by atoms with van der Waals surface area (Å²) in [5.74, 6) is 0.999. The van der Waals surface area contributed by atoms with Crippen LogP contribution < -0.4 is 5.32 Å². The Morgan fingerprint density at radius 2 is 1.92 bits per heavy atom. The summed E-state index contributed by atoms with van der Waals surface area (Å²) >= 11 is 0. The monoisotopic (exact) mass is 399 g/mol. The van der Waals surface area contributed by atoms with E-state index in [0.717, 1.165) is 55.1 Å². The van der Waals surface area contributed by atoms with E-state index in [9.17, 15) is 4.79 Å². The van der Waals surface area contributed by atoms with Gasteiger partial charge in [-0.15, -0.1) is 24.8 Å². The molecule has 0 atom stereocenters. The van der Waals surface area contributed by atoms with Crippen LogP contribution in [-0.4, -0.2) is 51.2 Å². The first-order valence-corrected chi connectivity index (χ1v) is 8.94. The first-order valence-electron chi connectivity index (χ1n) is 8.94. The van der Waals surface area contributed by atoms with Crippen LogP contribution in [0.1, 0.15) is 41.7 Å². The zero-order valence-electron chi connectivity index (χ0n) is 15.3. The molecule has 26 heavy (non-hydrogen) atoms. The first kappa shape index (κ1) is 20.9. The van der Waals surface area contributed by atoms with Crippen LogP contribution in [0.4, 0.5) is 0 Å². The number of carbonyl (C=O) groups is 1. The fourth-order valence-corrected chi connectivity index (χ4v) is 3.55. The van der Waals surface area contributed by atoms with E-state index in [1.807, 2.05) is 24.9 Å². The number of aromatic nitrogens is 3. The fourth-order valence-electron chi connectivity index (χ4n) is 3.55. The van der Waals surface area contributed by atoms with Crippen molar-refractivity contribution in [1.82, 2.24) is 25.0 Å². The molecule has 6 nitrogen and oxygen atoms in total. The number of rotatable bonds is 4. The molecule has 8 heteroatoms. The van der Waals surface area contributed by atoms with Crippen molar-refractivity contribution in [2.75, 3.05) is 19.6 Å². The highest BCUT2D eigenvalue weighted by molar-refractivity contribution is 5.97. The highest BCUT2D eigenvalue weighted by Gasteiger charge is 2.26. The summed E-state index contributed by atoms with van der Waals surface area (Å²) in [5, 5.41) is 8.99. The molecule has 2 aliphatic rings. The molecule has 1 saturated heterocycles. The number of aryl methyl sites for hydroxylation is 2. The van der Waals surface area contributed by atoms with Gasteiger partial charge in [-0.05, 0) is 51.1 Å². The summed E-state index contributed by atoms with van der Waals surface area (Å²) in [6.07, 6.45) is 6.53. The van der Waals surface area contributed by atoms with E-state index in [2.05, 4.69) is 15.4 Å². The maximum Gasteiger partial charge on any atom is 0.255 e. The van der Waals surface area contributed by atoms with E-state index in [-0.39, 0.29) is 30.7 Å². The number of carbonyl (C=O) groups excluding carboxylic acids is 1. The van der Waals surface area contributed by atoms with E-state index >= 15 is 0 Å². The lowest BCUT2D eigenvalue weighted by molar-refractivity contribution is 0.0704. The van der Waals surface area contributed by atoms with Gasteiger partial charge in [0.15, 0.2) is 5.65 Å². The van der Waals surface area contributed by atoms with Crippen molar-refractivity contribution in [3.05, 3.63) is 23.5 Å². The van der Waals surface area contributed by atoms with Crippen molar-refractivity contribution in [3.8, 4) is 0 Å². The van der Waals surface area contributed by atoms with E-state index in [4.69, 9.17) is 0 Å². The topological polar surface area (TPSA) is 63.1 Å². The summed E-state index contributed by atoms with van der Waals surface area (Å²) in [7, 11) is 1.88. The molecular weight excluding hydrogens is 373 g/mol. The number of halogens is 2. The highest BCUT2D eigenvalue weighted by Crippen LogP contribution is 2.28. The Balaban J connectivity index is 0.00000121. The fraction of sp³-hybridized carbons (Fsp3) is 0.611. The molecule has 0 radical (unpaired) electrons. The summed E-state index contributed by atoms with van der Waals surface area (Å²) < 4.78 is 1.76. The number of likely N-dealkylation sites (tertiary alicyclic amines) is 1. The lowest BCUT2D eigenvalue weighted by atomic mass is 10.0. The van der Waals surface area contributed by atoms with Crippen molar-refractivity contribution in [2.45, 2.75) is 38.6 Å². The summed E-state index contributed by atoms with van der Waals surface area (Å²) in [5.41, 5.74) is 2.41. The second-order valence-corrected chi connectivity index (χ2v) is 7.22. The third-order valence-electron chi connectivity index (χ3n) is 5.28. The Morgan fingerprint density at radius 1 is 1.23 bits per heavy atom. The van der Waals surface area contributed by atoms with Crippen molar-refractivity contribution in [3.63, 3.8) is 0 Å². The Hall–Kier alpha value is -1.37. The second kappa shape index (κ2) is 8.55. The molecule has 2 aromatic rings. The minimum absolute atomic E-state index is 0. The zero-order valence-corrected chi connectivity index (χ0v) is 16.9. The molecule has 3 heterocycles. The quantitative estimate of drug-likeness (QED) is 0.858. The van der Waals surface area contributed by atoms with Crippen LogP contribution in [0.3, 0.4) is 0 Å². The number of amides is 1. The van der Waals surface area contributed by atoms with Gasteiger partial charge in [-0.25, -0.2) is 4.98 Å². The highest BCUT2D eigenvalue weighted by atomic mass is 35.5. The van der Waals surface area contributed by atoms with E-state index in [1.54, 1.807) is 10.9 Å². The second-order valence-electron chi connectivity index (χ2n) is 7.22. The van der Waals surface area contributed by atoms with Gasteiger partial charge in [0.1, 0.15) is 0 Å². The van der Waals surface area contributed by atoms with Crippen LogP contribution in [0, 0.1) is 12.8 Å². The Labute approximate surface area is 166 Å². The van der Waals surface area contributed by atoms with Gasteiger partial charge in [-0.2, -0.15) is 5.10 Å². The van der Waals surface area contributed by atoms with Crippen LogP contribution in [0.2, 0.25) is 0 Å². The average Bonchev–Trinajstić information content (AvgIpc) is 3.39. The van der Waals surface area contributed by atoms with Gasteiger partial charge in [0.25, 0.3) is 5.91 Å². The lowest BCUT2D eigenvalue weighted by Gasteiger charge is -2.32. The number of pyridine rings is 1. The molecule has 2 fully saturated rings. The predicted octanol–water partition coefficient (Wildman–Crippen LogP) is 2.72. The minimum Gasteiger partial charge on any atom is -0.338 e. The minimum atomic E-state index is 0. The molecule has 144 valence electrons. The number of nitrogens with zero attached hydrogens (tertiary/aromatic N) is 4. The molecular formula is C18H27Cl2N5O. The number of nitrogens with one attached hydrogen (secondary N) is 1. The number of hydrogen-bond acceptors (Lipinski definition) is 4. The van der Waals surface area contributed by atoms with Gasteiger partial charge in [0, 0.05) is 37.8 Å². The van der Waals surface area contributed by atoms with Gasteiger partial charge in [0.2, 0.25) is 0 Å². The van der Waals surface area contributed by atoms with Crippen LogP contribution >= 0.6 is 24.8 Å². The third-order valence-corrected chi connectivity index (χ3v) is 5.28. The normalized spacial score (nSPS) is 17.7. The maximum absolute atomic E-state index is 12.8. The van der Waals surface area contributed by atoms with Crippen molar-refractivity contribution in [2.24, 2.45) is 13.0 Å². The molecule has 0 bridgehead atoms. The van der Waals surface area contributed by atoms with Crippen molar-refractivity contribution >= 4 is 41.8 Å². The van der Waals surface area contributed by atoms with Gasteiger partial charge in [-0.3, -0.25) is 9.48 Å². The zero-order chi connectivity index (χ0) is 16.7. The average molecular weight is 400 g/mol. The SMILES string of the molecule is Cc1nn(C)c2ncc(C(=O)N3CCC(NCC4CC4)CC3)cc12.Cl.Cl. The van der Waals surface area contributed by atoms with Gasteiger partial charge >= 0.3 is 0 Å². The van der Waals surface area contributed by atoms with Gasteiger partial charge in [0.05, 0.1) is 11.3 Å². The van der Waals surface area contributed by atoms with Gasteiger partial charge in [-0.1, -0.05) is 0 Å². The largest absolute Gasteiger partial charge is 0.338 e. The van der Waals surface area contributed by atoms with Crippen LogP contribution in [0.5, 0.6) is 0 Å². The Bertz CT molecular complexity index is 766. The molecule has 0 unspecified atom stereocenters. The molecule has 1 aliphatic carbocycles. The molecule has 0 aromatic carbocycles. The van der Waals surface area contributed by atoms with Crippen molar-refractivity contribution in [1.29, 1.82) is 0 Å².